The first-order valence-corrected chi connectivity index (χ1v) is 6.30. The summed E-state index contributed by atoms with van der Waals surface area (Å²) in [6.07, 6.45) is 0. The highest BCUT2D eigenvalue weighted by Gasteiger charge is 2.03. The quantitative estimate of drug-likeness (QED) is 0.876. The largest absolute Gasteiger partial charge is 0.308 e. The molecular formula is C14H12Cl2FN. The summed E-state index contributed by atoms with van der Waals surface area (Å²) in [5.41, 5.74) is 1.54. The number of benzene rings is 2. The average molecular weight is 284 g/mol. The molecule has 4 heteroatoms. The van der Waals surface area contributed by atoms with E-state index in [2.05, 4.69) is 5.32 Å². The standard InChI is InChI=1S/C14H12Cl2FN/c15-12-5-6-14(17)11(7-12)9-18-8-10-3-1-2-4-13(10)16/h1-7,18H,8-9H2. The van der Waals surface area contributed by atoms with E-state index in [9.17, 15) is 4.39 Å². The maximum absolute atomic E-state index is 13.4. The number of rotatable bonds is 4. The smallest absolute Gasteiger partial charge is 0.127 e. The third-order valence-corrected chi connectivity index (χ3v) is 3.20. The summed E-state index contributed by atoms with van der Waals surface area (Å²) in [6, 6.07) is 12.1. The molecule has 2 aromatic rings. The van der Waals surface area contributed by atoms with Crippen LogP contribution in [0.1, 0.15) is 11.1 Å². The van der Waals surface area contributed by atoms with Crippen molar-refractivity contribution in [3.63, 3.8) is 0 Å². The monoisotopic (exact) mass is 283 g/mol. The van der Waals surface area contributed by atoms with Crippen molar-refractivity contribution >= 4 is 23.2 Å². The molecule has 94 valence electrons. The predicted molar refractivity (Wildman–Crippen MR) is 73.4 cm³/mol. The number of halogens is 3. The highest BCUT2D eigenvalue weighted by atomic mass is 35.5. The highest BCUT2D eigenvalue weighted by Crippen LogP contribution is 2.16. The maximum atomic E-state index is 13.4. The van der Waals surface area contributed by atoms with Gasteiger partial charge in [-0.1, -0.05) is 41.4 Å². The van der Waals surface area contributed by atoms with Crippen LogP contribution >= 0.6 is 23.2 Å². The molecule has 0 spiro atoms. The van der Waals surface area contributed by atoms with Crippen LogP contribution in [-0.2, 0) is 13.1 Å². The predicted octanol–water partition coefficient (Wildman–Crippen LogP) is 4.42. The Bertz CT molecular complexity index is 543. The summed E-state index contributed by atoms with van der Waals surface area (Å²) in [5, 5.41) is 4.38. The Morgan fingerprint density at radius 1 is 0.944 bits per heavy atom. The van der Waals surface area contributed by atoms with Gasteiger partial charge in [0.15, 0.2) is 0 Å². The summed E-state index contributed by atoms with van der Waals surface area (Å²) < 4.78 is 13.4. The lowest BCUT2D eigenvalue weighted by atomic mass is 10.2. The van der Waals surface area contributed by atoms with E-state index in [0.29, 0.717) is 28.7 Å². The first-order valence-electron chi connectivity index (χ1n) is 5.55. The Balaban J connectivity index is 1.96. The van der Waals surface area contributed by atoms with Crippen LogP contribution in [-0.4, -0.2) is 0 Å². The second-order valence-corrected chi connectivity index (χ2v) is 4.77. The van der Waals surface area contributed by atoms with Gasteiger partial charge in [0.2, 0.25) is 0 Å². The molecular weight excluding hydrogens is 272 g/mol. The normalized spacial score (nSPS) is 10.6. The minimum absolute atomic E-state index is 0.258. The summed E-state index contributed by atoms with van der Waals surface area (Å²) in [6.45, 7) is 1.00. The summed E-state index contributed by atoms with van der Waals surface area (Å²) >= 11 is 11.8. The second kappa shape index (κ2) is 6.19. The van der Waals surface area contributed by atoms with E-state index in [1.807, 2.05) is 24.3 Å². The van der Waals surface area contributed by atoms with E-state index in [0.717, 1.165) is 5.56 Å². The zero-order chi connectivity index (χ0) is 13.0. The molecule has 0 heterocycles. The van der Waals surface area contributed by atoms with Crippen molar-refractivity contribution < 1.29 is 4.39 Å². The molecule has 0 bridgehead atoms. The van der Waals surface area contributed by atoms with Gasteiger partial charge in [0.1, 0.15) is 5.82 Å². The highest BCUT2D eigenvalue weighted by molar-refractivity contribution is 6.31. The zero-order valence-electron chi connectivity index (χ0n) is 9.59. The van der Waals surface area contributed by atoms with Gasteiger partial charge in [-0.2, -0.15) is 0 Å². The Hall–Kier alpha value is -1.09. The minimum Gasteiger partial charge on any atom is -0.308 e. The van der Waals surface area contributed by atoms with Crippen molar-refractivity contribution in [2.45, 2.75) is 13.1 Å². The van der Waals surface area contributed by atoms with Crippen LogP contribution in [0.25, 0.3) is 0 Å². The lowest BCUT2D eigenvalue weighted by molar-refractivity contribution is 0.588. The van der Waals surface area contributed by atoms with E-state index in [1.165, 1.54) is 12.1 Å². The Labute approximate surface area is 116 Å². The third kappa shape index (κ3) is 3.45. The van der Waals surface area contributed by atoms with E-state index in [1.54, 1.807) is 6.07 Å². The molecule has 2 aromatic carbocycles. The SMILES string of the molecule is Fc1ccc(Cl)cc1CNCc1ccccc1Cl. The summed E-state index contributed by atoms with van der Waals surface area (Å²) in [5.74, 6) is -0.258. The van der Waals surface area contributed by atoms with Gasteiger partial charge in [-0.25, -0.2) is 4.39 Å². The molecule has 0 aliphatic carbocycles. The van der Waals surface area contributed by atoms with Gasteiger partial charge in [-0.3, -0.25) is 0 Å². The Morgan fingerprint density at radius 2 is 1.67 bits per heavy atom. The number of hydrogen-bond acceptors (Lipinski definition) is 1. The van der Waals surface area contributed by atoms with Crippen LogP contribution in [0.15, 0.2) is 42.5 Å². The Morgan fingerprint density at radius 3 is 2.44 bits per heavy atom. The van der Waals surface area contributed by atoms with Gasteiger partial charge in [-0.15, -0.1) is 0 Å². The molecule has 2 rings (SSSR count). The van der Waals surface area contributed by atoms with E-state index in [4.69, 9.17) is 23.2 Å². The second-order valence-electron chi connectivity index (χ2n) is 3.93. The molecule has 1 nitrogen and oxygen atoms in total. The molecule has 0 atom stereocenters. The minimum atomic E-state index is -0.258. The van der Waals surface area contributed by atoms with Crippen LogP contribution in [0.3, 0.4) is 0 Å². The molecule has 0 saturated heterocycles. The molecule has 0 aliphatic rings. The van der Waals surface area contributed by atoms with E-state index < -0.39 is 0 Å². The summed E-state index contributed by atoms with van der Waals surface area (Å²) in [7, 11) is 0. The van der Waals surface area contributed by atoms with Gasteiger partial charge in [0.25, 0.3) is 0 Å². The number of nitrogens with one attached hydrogen (secondary N) is 1. The lowest BCUT2D eigenvalue weighted by Gasteiger charge is -2.08. The number of hydrogen-bond donors (Lipinski definition) is 1. The molecule has 0 unspecified atom stereocenters. The van der Waals surface area contributed by atoms with Crippen LogP contribution in [0, 0.1) is 5.82 Å². The van der Waals surface area contributed by atoms with Crippen molar-refractivity contribution in [3.8, 4) is 0 Å². The van der Waals surface area contributed by atoms with Crippen LogP contribution < -0.4 is 5.32 Å². The molecule has 0 saturated carbocycles. The van der Waals surface area contributed by atoms with Crippen molar-refractivity contribution in [3.05, 3.63) is 69.5 Å². The van der Waals surface area contributed by atoms with Gasteiger partial charge in [0, 0.05) is 28.7 Å². The van der Waals surface area contributed by atoms with Gasteiger partial charge in [-0.05, 0) is 29.8 Å². The lowest BCUT2D eigenvalue weighted by Crippen LogP contribution is -2.14. The van der Waals surface area contributed by atoms with E-state index in [-0.39, 0.29) is 5.82 Å². The topological polar surface area (TPSA) is 12.0 Å². The maximum Gasteiger partial charge on any atom is 0.127 e. The first kappa shape index (κ1) is 13.3. The fourth-order valence-corrected chi connectivity index (χ4v) is 2.05. The van der Waals surface area contributed by atoms with Crippen LogP contribution in [0.4, 0.5) is 4.39 Å². The third-order valence-electron chi connectivity index (χ3n) is 2.60. The van der Waals surface area contributed by atoms with Gasteiger partial charge < -0.3 is 5.32 Å². The van der Waals surface area contributed by atoms with Crippen molar-refractivity contribution in [1.29, 1.82) is 0 Å². The van der Waals surface area contributed by atoms with Crippen LogP contribution in [0.5, 0.6) is 0 Å². The Kier molecular flexibility index (Phi) is 4.59. The summed E-state index contributed by atoms with van der Waals surface area (Å²) in [4.78, 5) is 0. The average Bonchev–Trinajstić information content (AvgIpc) is 2.36. The molecule has 0 aromatic heterocycles. The van der Waals surface area contributed by atoms with Crippen molar-refractivity contribution in [1.82, 2.24) is 5.32 Å². The first-order chi connectivity index (χ1) is 8.66. The van der Waals surface area contributed by atoms with Gasteiger partial charge >= 0.3 is 0 Å². The zero-order valence-corrected chi connectivity index (χ0v) is 11.1. The fourth-order valence-electron chi connectivity index (χ4n) is 1.65. The molecule has 18 heavy (non-hydrogen) atoms. The molecule has 0 radical (unpaired) electrons. The molecule has 0 amide bonds. The van der Waals surface area contributed by atoms with Crippen molar-refractivity contribution in [2.24, 2.45) is 0 Å². The van der Waals surface area contributed by atoms with Crippen molar-refractivity contribution in [2.75, 3.05) is 0 Å². The molecule has 0 fully saturated rings. The van der Waals surface area contributed by atoms with Crippen LogP contribution in [0.2, 0.25) is 10.0 Å². The van der Waals surface area contributed by atoms with E-state index >= 15 is 0 Å². The molecule has 0 aliphatic heterocycles. The molecule has 1 N–H and O–H groups in total. The van der Waals surface area contributed by atoms with Gasteiger partial charge in [0.05, 0.1) is 0 Å². The fraction of sp³-hybridized carbons (Fsp3) is 0.143.